The molecule has 2 aromatic heterocycles. The maximum absolute atomic E-state index is 6.26. The Labute approximate surface area is 154 Å². The zero-order chi connectivity index (χ0) is 16.0. The molecule has 0 saturated heterocycles. The normalized spacial score (nSPS) is 15.6. The van der Waals surface area contributed by atoms with Gasteiger partial charge in [0.1, 0.15) is 0 Å². The lowest BCUT2D eigenvalue weighted by molar-refractivity contribution is 0.229. The van der Waals surface area contributed by atoms with Crippen LogP contribution >= 0.6 is 28.3 Å². The Hall–Kier alpha value is -1.70. The van der Waals surface area contributed by atoms with Crippen LogP contribution in [0, 0.1) is 6.92 Å². The third kappa shape index (κ3) is 2.76. The van der Waals surface area contributed by atoms with Crippen LogP contribution in [0.3, 0.4) is 0 Å². The summed E-state index contributed by atoms with van der Waals surface area (Å²) in [5.41, 5.74) is 8.57. The van der Waals surface area contributed by atoms with Gasteiger partial charge in [-0.2, -0.15) is 10.1 Å². The molecule has 8 heteroatoms. The van der Waals surface area contributed by atoms with Crippen molar-refractivity contribution in [2.24, 2.45) is 5.73 Å². The quantitative estimate of drug-likeness (QED) is 0.711. The molecule has 0 aliphatic heterocycles. The molecule has 0 spiro atoms. The van der Waals surface area contributed by atoms with E-state index in [0.29, 0.717) is 11.7 Å². The molecular formula is C16H17BrClN5O. The van der Waals surface area contributed by atoms with Crippen molar-refractivity contribution in [2.75, 3.05) is 0 Å². The molecule has 1 aromatic carbocycles. The van der Waals surface area contributed by atoms with E-state index in [9.17, 15) is 0 Å². The second-order valence-corrected chi connectivity index (χ2v) is 6.88. The highest BCUT2D eigenvalue weighted by molar-refractivity contribution is 9.10. The number of hydrogen-bond donors (Lipinski definition) is 1. The average molecular weight is 411 g/mol. The minimum absolute atomic E-state index is 0. The summed E-state index contributed by atoms with van der Waals surface area (Å²) in [4.78, 5) is 4.49. The van der Waals surface area contributed by atoms with Gasteiger partial charge in [-0.15, -0.1) is 12.4 Å². The van der Waals surface area contributed by atoms with E-state index in [2.05, 4.69) is 31.2 Å². The Kier molecular flexibility index (Phi) is 4.50. The molecule has 0 radical (unpaired) electrons. The molecule has 0 bridgehead atoms. The zero-order valence-electron chi connectivity index (χ0n) is 13.1. The van der Waals surface area contributed by atoms with E-state index in [1.54, 1.807) is 6.20 Å². The summed E-state index contributed by atoms with van der Waals surface area (Å²) in [5.74, 6) is 1.06. The zero-order valence-corrected chi connectivity index (χ0v) is 15.5. The Morgan fingerprint density at radius 1 is 1.33 bits per heavy atom. The molecule has 126 valence electrons. The van der Waals surface area contributed by atoms with Crippen LogP contribution in [-0.4, -0.2) is 19.9 Å². The molecule has 1 aliphatic rings. The highest BCUT2D eigenvalue weighted by atomic mass is 79.9. The molecule has 6 nitrogen and oxygen atoms in total. The number of benzene rings is 1. The third-order valence-electron chi connectivity index (χ3n) is 4.41. The number of nitrogens with two attached hydrogens (primary N) is 1. The Morgan fingerprint density at radius 2 is 2.12 bits per heavy atom. The molecule has 2 heterocycles. The van der Waals surface area contributed by atoms with Gasteiger partial charge in [-0.3, -0.25) is 0 Å². The maximum atomic E-state index is 6.26. The van der Waals surface area contributed by atoms with Gasteiger partial charge in [0.15, 0.2) is 5.82 Å². The first-order chi connectivity index (χ1) is 11.1. The number of aromatic nitrogens is 4. The van der Waals surface area contributed by atoms with Gasteiger partial charge in [0.05, 0.1) is 28.7 Å². The van der Waals surface area contributed by atoms with Crippen molar-refractivity contribution in [3.8, 4) is 17.1 Å². The van der Waals surface area contributed by atoms with E-state index in [0.717, 1.165) is 40.7 Å². The SMILES string of the molecule is Cc1c(-c2nc(C3(N)CCC3)no2)cnn1-c1cccc(Br)c1.Cl. The smallest absolute Gasteiger partial charge is 0.261 e. The minimum atomic E-state index is -0.421. The molecule has 1 fully saturated rings. The largest absolute Gasteiger partial charge is 0.334 e. The van der Waals surface area contributed by atoms with Gasteiger partial charge in [-0.05, 0) is 44.4 Å². The van der Waals surface area contributed by atoms with Crippen LogP contribution in [0.4, 0.5) is 0 Å². The lowest BCUT2D eigenvalue weighted by atomic mass is 9.77. The van der Waals surface area contributed by atoms with Crippen LogP contribution in [-0.2, 0) is 5.54 Å². The second-order valence-electron chi connectivity index (χ2n) is 5.97. The standard InChI is InChI=1S/C16H16BrN5O.ClH/c1-10-13(9-19-22(10)12-5-2-4-11(17)8-12)14-20-15(21-23-14)16(18)6-3-7-16;/h2,4-5,8-9H,3,6-7,18H2,1H3;1H. The average Bonchev–Trinajstić information content (AvgIpc) is 3.11. The van der Waals surface area contributed by atoms with Gasteiger partial charge < -0.3 is 10.3 Å². The van der Waals surface area contributed by atoms with Crippen molar-refractivity contribution in [3.63, 3.8) is 0 Å². The van der Waals surface area contributed by atoms with E-state index in [1.165, 1.54) is 0 Å². The van der Waals surface area contributed by atoms with E-state index < -0.39 is 5.54 Å². The predicted octanol–water partition coefficient (Wildman–Crippen LogP) is 3.75. The van der Waals surface area contributed by atoms with Gasteiger partial charge >= 0.3 is 0 Å². The van der Waals surface area contributed by atoms with Gasteiger partial charge in [0, 0.05) is 4.47 Å². The second kappa shape index (κ2) is 6.31. The Morgan fingerprint density at radius 3 is 2.79 bits per heavy atom. The van der Waals surface area contributed by atoms with Crippen molar-refractivity contribution in [1.29, 1.82) is 0 Å². The fourth-order valence-electron chi connectivity index (χ4n) is 2.80. The minimum Gasteiger partial charge on any atom is -0.334 e. The summed E-state index contributed by atoms with van der Waals surface area (Å²) in [5, 5.41) is 8.51. The molecule has 1 aliphatic carbocycles. The molecule has 0 atom stereocenters. The summed E-state index contributed by atoms with van der Waals surface area (Å²) < 4.78 is 8.28. The summed E-state index contributed by atoms with van der Waals surface area (Å²) >= 11 is 3.48. The highest BCUT2D eigenvalue weighted by Crippen LogP contribution is 2.38. The molecule has 0 amide bonds. The van der Waals surface area contributed by atoms with Crippen LogP contribution in [0.25, 0.3) is 17.1 Å². The van der Waals surface area contributed by atoms with Crippen molar-refractivity contribution in [3.05, 3.63) is 46.5 Å². The molecule has 3 aromatic rings. The fourth-order valence-corrected chi connectivity index (χ4v) is 3.19. The van der Waals surface area contributed by atoms with E-state index in [-0.39, 0.29) is 12.4 Å². The summed E-state index contributed by atoms with van der Waals surface area (Å²) in [7, 11) is 0. The molecule has 1 saturated carbocycles. The molecular weight excluding hydrogens is 394 g/mol. The maximum Gasteiger partial charge on any atom is 0.261 e. The molecule has 4 rings (SSSR count). The van der Waals surface area contributed by atoms with Crippen LogP contribution in [0.15, 0.2) is 39.5 Å². The fraction of sp³-hybridized carbons (Fsp3) is 0.312. The number of hydrogen-bond acceptors (Lipinski definition) is 5. The lowest BCUT2D eigenvalue weighted by Gasteiger charge is -2.34. The van der Waals surface area contributed by atoms with Gasteiger partial charge in [0.25, 0.3) is 5.89 Å². The van der Waals surface area contributed by atoms with E-state index in [1.807, 2.05) is 35.9 Å². The molecule has 24 heavy (non-hydrogen) atoms. The molecule has 0 unspecified atom stereocenters. The van der Waals surface area contributed by atoms with Crippen molar-refractivity contribution in [1.82, 2.24) is 19.9 Å². The van der Waals surface area contributed by atoms with Crippen LogP contribution in [0.5, 0.6) is 0 Å². The monoisotopic (exact) mass is 409 g/mol. The van der Waals surface area contributed by atoms with Crippen molar-refractivity contribution in [2.45, 2.75) is 31.7 Å². The predicted molar refractivity (Wildman–Crippen MR) is 96.3 cm³/mol. The van der Waals surface area contributed by atoms with E-state index in [4.69, 9.17) is 10.3 Å². The van der Waals surface area contributed by atoms with Crippen LogP contribution in [0.1, 0.15) is 30.8 Å². The number of nitrogens with zero attached hydrogens (tertiary/aromatic N) is 4. The lowest BCUT2D eigenvalue weighted by Crippen LogP contribution is -2.44. The van der Waals surface area contributed by atoms with Gasteiger partial charge in [0.2, 0.25) is 0 Å². The van der Waals surface area contributed by atoms with Gasteiger partial charge in [-0.1, -0.05) is 27.2 Å². The van der Waals surface area contributed by atoms with Crippen LogP contribution < -0.4 is 5.73 Å². The first kappa shape index (κ1) is 17.1. The first-order valence-electron chi connectivity index (χ1n) is 7.51. The summed E-state index contributed by atoms with van der Waals surface area (Å²) in [6, 6.07) is 7.95. The van der Waals surface area contributed by atoms with Crippen molar-refractivity contribution < 1.29 is 4.52 Å². The Balaban J connectivity index is 0.00000169. The van der Waals surface area contributed by atoms with Crippen molar-refractivity contribution >= 4 is 28.3 Å². The molecule has 2 N–H and O–H groups in total. The number of halogens is 2. The Bertz CT molecular complexity index is 871. The van der Waals surface area contributed by atoms with E-state index >= 15 is 0 Å². The summed E-state index contributed by atoms with van der Waals surface area (Å²) in [6.07, 6.45) is 4.67. The number of rotatable bonds is 3. The first-order valence-corrected chi connectivity index (χ1v) is 8.30. The highest BCUT2D eigenvalue weighted by Gasteiger charge is 2.39. The topological polar surface area (TPSA) is 82.8 Å². The van der Waals surface area contributed by atoms with Crippen LogP contribution in [0.2, 0.25) is 0 Å². The van der Waals surface area contributed by atoms with Gasteiger partial charge in [-0.25, -0.2) is 4.68 Å². The third-order valence-corrected chi connectivity index (χ3v) is 4.90. The summed E-state index contributed by atoms with van der Waals surface area (Å²) in [6.45, 7) is 1.98.